The van der Waals surface area contributed by atoms with Gasteiger partial charge in [0.05, 0.1) is 9.92 Å². The molecule has 0 atom stereocenters. The van der Waals surface area contributed by atoms with Crippen LogP contribution >= 0.6 is 11.6 Å². The molecule has 22 heavy (non-hydrogen) atoms. The van der Waals surface area contributed by atoms with Crippen LogP contribution in [0.3, 0.4) is 0 Å². The van der Waals surface area contributed by atoms with Gasteiger partial charge in [-0.3, -0.25) is 0 Å². The summed E-state index contributed by atoms with van der Waals surface area (Å²) in [5.74, 6) is -0.468. The molecule has 0 aliphatic heterocycles. The van der Waals surface area contributed by atoms with E-state index in [1.54, 1.807) is 24.3 Å². The number of anilines is 1. The number of benzene rings is 2. The number of hydrogen-bond acceptors (Lipinski definition) is 3. The molecule has 0 heterocycles. The fourth-order valence-electron chi connectivity index (χ4n) is 1.83. The molecule has 7 heteroatoms. The third-order valence-corrected chi connectivity index (χ3v) is 5.19. The van der Waals surface area contributed by atoms with E-state index >= 15 is 0 Å². The topological polar surface area (TPSA) is 49.4 Å². The summed E-state index contributed by atoms with van der Waals surface area (Å²) in [5, 5.41) is 3.15. The Morgan fingerprint density at radius 3 is 2.55 bits per heavy atom. The number of halogens is 2. The summed E-state index contributed by atoms with van der Waals surface area (Å²) < 4.78 is 38.4. The predicted molar refractivity (Wildman–Crippen MR) is 86.1 cm³/mol. The molecule has 4 nitrogen and oxygen atoms in total. The van der Waals surface area contributed by atoms with Gasteiger partial charge in [-0.2, -0.15) is 0 Å². The standard InChI is InChI=1S/C15H16ClFN2O2S/c1-19(2)22(20,21)13-5-3-4-12(9-13)18-10-11-6-7-15(17)14(16)8-11/h3-9,18H,10H2,1-2H3. The van der Waals surface area contributed by atoms with Gasteiger partial charge >= 0.3 is 0 Å². The first-order valence-electron chi connectivity index (χ1n) is 6.51. The highest BCUT2D eigenvalue weighted by atomic mass is 35.5. The highest BCUT2D eigenvalue weighted by molar-refractivity contribution is 7.89. The molecular weight excluding hydrogens is 327 g/mol. The fourth-order valence-corrected chi connectivity index (χ4v) is 2.98. The summed E-state index contributed by atoms with van der Waals surface area (Å²) in [6, 6.07) is 11.0. The molecule has 0 spiro atoms. The molecule has 0 saturated heterocycles. The van der Waals surface area contributed by atoms with Gasteiger partial charge < -0.3 is 5.32 Å². The minimum absolute atomic E-state index is 0.0586. The first kappa shape index (κ1) is 16.7. The summed E-state index contributed by atoms with van der Waals surface area (Å²) in [5.41, 5.74) is 1.45. The molecule has 0 amide bonds. The van der Waals surface area contributed by atoms with Crippen LogP contribution < -0.4 is 5.32 Å². The van der Waals surface area contributed by atoms with Crippen LogP contribution in [-0.4, -0.2) is 26.8 Å². The molecule has 2 aromatic carbocycles. The van der Waals surface area contributed by atoms with Crippen molar-refractivity contribution < 1.29 is 12.8 Å². The van der Waals surface area contributed by atoms with Gasteiger partial charge in [0.15, 0.2) is 0 Å². The summed E-state index contributed by atoms with van der Waals surface area (Å²) in [6.45, 7) is 0.408. The van der Waals surface area contributed by atoms with Crippen LogP contribution in [0.5, 0.6) is 0 Å². The highest BCUT2D eigenvalue weighted by Crippen LogP contribution is 2.20. The Morgan fingerprint density at radius 2 is 1.91 bits per heavy atom. The quantitative estimate of drug-likeness (QED) is 0.906. The second kappa shape index (κ2) is 6.64. The van der Waals surface area contributed by atoms with Gasteiger partial charge in [0, 0.05) is 26.3 Å². The van der Waals surface area contributed by atoms with Crippen molar-refractivity contribution in [2.24, 2.45) is 0 Å². The fraction of sp³-hybridized carbons (Fsp3) is 0.200. The Hall–Kier alpha value is -1.63. The van der Waals surface area contributed by atoms with E-state index < -0.39 is 15.8 Å². The maximum absolute atomic E-state index is 13.1. The molecule has 2 rings (SSSR count). The van der Waals surface area contributed by atoms with Crippen LogP contribution in [0.2, 0.25) is 5.02 Å². The summed E-state index contributed by atoms with van der Waals surface area (Å²) in [7, 11) is -0.508. The second-order valence-corrected chi connectivity index (χ2v) is 7.48. The van der Waals surface area contributed by atoms with Crippen LogP contribution in [0.4, 0.5) is 10.1 Å². The zero-order chi connectivity index (χ0) is 16.3. The van der Waals surface area contributed by atoms with Gasteiger partial charge in [0.1, 0.15) is 5.82 Å². The van der Waals surface area contributed by atoms with Crippen LogP contribution in [0.15, 0.2) is 47.4 Å². The van der Waals surface area contributed by atoms with Gasteiger partial charge in [0.2, 0.25) is 10.0 Å². The largest absolute Gasteiger partial charge is 0.381 e. The van der Waals surface area contributed by atoms with Crippen molar-refractivity contribution in [3.63, 3.8) is 0 Å². The molecule has 0 aliphatic rings. The molecular formula is C15H16ClFN2O2S. The molecule has 0 radical (unpaired) electrons. The normalized spacial score (nSPS) is 11.7. The van der Waals surface area contributed by atoms with Crippen molar-refractivity contribution in [1.82, 2.24) is 4.31 Å². The first-order chi connectivity index (χ1) is 10.3. The number of rotatable bonds is 5. The molecule has 0 aromatic heterocycles. The number of hydrogen-bond donors (Lipinski definition) is 1. The molecule has 2 aromatic rings. The molecule has 0 unspecified atom stereocenters. The zero-order valence-electron chi connectivity index (χ0n) is 12.2. The summed E-state index contributed by atoms with van der Waals surface area (Å²) >= 11 is 5.73. The predicted octanol–water partition coefficient (Wildman–Crippen LogP) is 3.34. The highest BCUT2D eigenvalue weighted by Gasteiger charge is 2.17. The van der Waals surface area contributed by atoms with Crippen molar-refractivity contribution in [3.8, 4) is 0 Å². The van der Waals surface area contributed by atoms with Crippen molar-refractivity contribution in [3.05, 3.63) is 58.9 Å². The maximum atomic E-state index is 13.1. The van der Waals surface area contributed by atoms with Crippen molar-refractivity contribution in [2.75, 3.05) is 19.4 Å². The van der Waals surface area contributed by atoms with E-state index in [1.165, 1.54) is 32.3 Å². The lowest BCUT2D eigenvalue weighted by molar-refractivity contribution is 0.521. The Labute approximate surface area is 134 Å². The maximum Gasteiger partial charge on any atom is 0.242 e. The average molecular weight is 343 g/mol. The van der Waals surface area contributed by atoms with E-state index in [9.17, 15) is 12.8 Å². The Morgan fingerprint density at radius 1 is 1.18 bits per heavy atom. The number of nitrogens with one attached hydrogen (secondary N) is 1. The summed E-state index contributed by atoms with van der Waals surface area (Å²) in [4.78, 5) is 0.208. The van der Waals surface area contributed by atoms with Crippen molar-refractivity contribution >= 4 is 27.3 Å². The Balaban J connectivity index is 2.16. The number of nitrogens with zero attached hydrogens (tertiary/aromatic N) is 1. The molecule has 0 aliphatic carbocycles. The monoisotopic (exact) mass is 342 g/mol. The van der Waals surface area contributed by atoms with Crippen LogP contribution in [0, 0.1) is 5.82 Å². The molecule has 1 N–H and O–H groups in total. The van der Waals surface area contributed by atoms with E-state index in [4.69, 9.17) is 11.6 Å². The second-order valence-electron chi connectivity index (χ2n) is 4.92. The molecule has 0 fully saturated rings. The van der Waals surface area contributed by atoms with E-state index in [2.05, 4.69) is 5.32 Å². The van der Waals surface area contributed by atoms with E-state index in [0.29, 0.717) is 12.2 Å². The Bertz CT molecular complexity index is 779. The average Bonchev–Trinajstić information content (AvgIpc) is 2.48. The lowest BCUT2D eigenvalue weighted by atomic mass is 10.2. The first-order valence-corrected chi connectivity index (χ1v) is 8.33. The lowest BCUT2D eigenvalue weighted by Gasteiger charge is -2.13. The zero-order valence-corrected chi connectivity index (χ0v) is 13.7. The minimum atomic E-state index is -3.47. The van der Waals surface area contributed by atoms with Gasteiger partial charge in [-0.1, -0.05) is 23.7 Å². The number of sulfonamides is 1. The SMILES string of the molecule is CN(C)S(=O)(=O)c1cccc(NCc2ccc(F)c(Cl)c2)c1. The van der Waals surface area contributed by atoms with Crippen LogP contribution in [0.1, 0.15) is 5.56 Å². The van der Waals surface area contributed by atoms with Gasteiger partial charge in [-0.05, 0) is 35.9 Å². The van der Waals surface area contributed by atoms with E-state index in [-0.39, 0.29) is 9.92 Å². The molecule has 0 saturated carbocycles. The third-order valence-electron chi connectivity index (χ3n) is 3.09. The van der Waals surface area contributed by atoms with Crippen molar-refractivity contribution in [1.29, 1.82) is 0 Å². The van der Waals surface area contributed by atoms with Crippen LogP contribution in [-0.2, 0) is 16.6 Å². The van der Waals surface area contributed by atoms with Gasteiger partial charge in [0.25, 0.3) is 0 Å². The van der Waals surface area contributed by atoms with E-state index in [1.807, 2.05) is 0 Å². The van der Waals surface area contributed by atoms with Crippen LogP contribution in [0.25, 0.3) is 0 Å². The molecule has 0 bridgehead atoms. The van der Waals surface area contributed by atoms with Gasteiger partial charge in [-0.15, -0.1) is 0 Å². The summed E-state index contributed by atoms with van der Waals surface area (Å²) in [6.07, 6.45) is 0. The minimum Gasteiger partial charge on any atom is -0.381 e. The van der Waals surface area contributed by atoms with Gasteiger partial charge in [-0.25, -0.2) is 17.1 Å². The molecule has 118 valence electrons. The lowest BCUT2D eigenvalue weighted by Crippen LogP contribution is -2.22. The third kappa shape index (κ3) is 3.76. The smallest absolute Gasteiger partial charge is 0.242 e. The van der Waals surface area contributed by atoms with E-state index in [0.717, 1.165) is 9.87 Å². The van der Waals surface area contributed by atoms with Crippen molar-refractivity contribution in [2.45, 2.75) is 11.4 Å². The Kier molecular flexibility index (Phi) is 5.05.